The van der Waals surface area contributed by atoms with Crippen molar-refractivity contribution >= 4 is 34.7 Å². The van der Waals surface area contributed by atoms with E-state index in [9.17, 15) is 9.59 Å². The van der Waals surface area contributed by atoms with E-state index < -0.39 is 0 Å². The Morgan fingerprint density at radius 2 is 1.68 bits per heavy atom. The average molecular weight is 351 g/mol. The number of rotatable bonds is 3. The first-order valence-electron chi connectivity index (χ1n) is 8.32. The third kappa shape index (κ3) is 3.54. The molecule has 128 valence electrons. The summed E-state index contributed by atoms with van der Waals surface area (Å²) in [7, 11) is 0. The lowest BCUT2D eigenvalue weighted by Gasteiger charge is -2.15. The predicted octanol–water partition coefficient (Wildman–Crippen LogP) is 5.67. The molecule has 0 unspecified atom stereocenters. The fraction of sp³-hybridized carbons (Fsp3) is 0.238. The van der Waals surface area contributed by atoms with Crippen LogP contribution in [0.5, 0.6) is 0 Å². The summed E-state index contributed by atoms with van der Waals surface area (Å²) in [4.78, 5) is 26.9. The van der Waals surface area contributed by atoms with E-state index in [0.717, 1.165) is 28.5 Å². The zero-order valence-corrected chi connectivity index (χ0v) is 15.7. The minimum atomic E-state index is -0.255. The molecule has 0 N–H and O–H groups in total. The molecule has 1 aliphatic heterocycles. The van der Waals surface area contributed by atoms with Gasteiger partial charge in [-0.2, -0.15) is 0 Å². The first-order valence-corrected chi connectivity index (χ1v) is 9.13. The van der Waals surface area contributed by atoms with Crippen molar-refractivity contribution in [2.24, 2.45) is 0 Å². The normalized spacial score (nSPS) is 16.4. The van der Waals surface area contributed by atoms with Crippen molar-refractivity contribution in [2.75, 3.05) is 4.90 Å². The van der Waals surface area contributed by atoms with Gasteiger partial charge in [-0.3, -0.25) is 9.59 Å². The molecule has 1 aliphatic rings. The lowest BCUT2D eigenvalue weighted by atomic mass is 10.0. The Kier molecular flexibility index (Phi) is 4.82. The molecule has 3 rings (SSSR count). The summed E-state index contributed by atoms with van der Waals surface area (Å²) < 4.78 is 0. The van der Waals surface area contributed by atoms with E-state index in [1.165, 1.54) is 10.5 Å². The van der Waals surface area contributed by atoms with Gasteiger partial charge in [-0.15, -0.1) is 0 Å². The van der Waals surface area contributed by atoms with Gasteiger partial charge >= 0.3 is 0 Å². The van der Waals surface area contributed by atoms with E-state index in [-0.39, 0.29) is 11.1 Å². The molecule has 1 fully saturated rings. The molecular formula is C21H21NO2S. The number of nitrogens with zero attached hydrogens (tertiary/aromatic N) is 1. The number of thioether (sulfide) groups is 1. The molecule has 25 heavy (non-hydrogen) atoms. The highest BCUT2D eigenvalue weighted by molar-refractivity contribution is 8.19. The molecule has 0 atom stereocenters. The first-order chi connectivity index (χ1) is 11.9. The Morgan fingerprint density at radius 1 is 1.00 bits per heavy atom. The summed E-state index contributed by atoms with van der Waals surface area (Å²) in [5.41, 5.74) is 4.86. The van der Waals surface area contributed by atoms with Crippen LogP contribution in [0.3, 0.4) is 0 Å². The van der Waals surface area contributed by atoms with Gasteiger partial charge < -0.3 is 0 Å². The number of hydrogen-bond donors (Lipinski definition) is 0. The topological polar surface area (TPSA) is 37.4 Å². The van der Waals surface area contributed by atoms with Gasteiger partial charge in [0.2, 0.25) is 0 Å². The van der Waals surface area contributed by atoms with Crippen LogP contribution in [0.4, 0.5) is 10.5 Å². The SMILES string of the molecule is Cc1ccc(N2C(=O)S/C(=C\c3ccc(C(C)C)cc3)C2=O)c(C)c1. The summed E-state index contributed by atoms with van der Waals surface area (Å²) in [5, 5.41) is -0.248. The van der Waals surface area contributed by atoms with Crippen LogP contribution < -0.4 is 4.90 Å². The molecule has 2 amide bonds. The zero-order valence-electron chi connectivity index (χ0n) is 14.9. The van der Waals surface area contributed by atoms with Crippen LogP contribution in [0.1, 0.15) is 42.0 Å². The largest absolute Gasteiger partial charge is 0.298 e. The van der Waals surface area contributed by atoms with Gasteiger partial charge in [0.1, 0.15) is 0 Å². The Hall–Kier alpha value is -2.33. The number of carbonyl (C=O) groups is 2. The van der Waals surface area contributed by atoms with Crippen LogP contribution in [-0.4, -0.2) is 11.1 Å². The Morgan fingerprint density at radius 3 is 2.28 bits per heavy atom. The summed E-state index contributed by atoms with van der Waals surface area (Å²) in [6.45, 7) is 8.19. The number of benzene rings is 2. The lowest BCUT2D eigenvalue weighted by Crippen LogP contribution is -2.28. The van der Waals surface area contributed by atoms with Crippen LogP contribution in [-0.2, 0) is 4.79 Å². The van der Waals surface area contributed by atoms with E-state index >= 15 is 0 Å². The molecule has 0 radical (unpaired) electrons. The predicted molar refractivity (Wildman–Crippen MR) is 105 cm³/mol. The standard InChI is InChI=1S/C21H21NO2S/c1-13(2)17-8-6-16(7-9-17)12-19-20(23)22(21(24)25-19)18-10-5-14(3)11-15(18)4/h5-13H,1-4H3/b19-12-. The number of carbonyl (C=O) groups excluding carboxylic acids is 2. The molecule has 0 spiro atoms. The molecule has 4 heteroatoms. The summed E-state index contributed by atoms with van der Waals surface area (Å²) in [6.07, 6.45) is 1.79. The van der Waals surface area contributed by atoms with E-state index in [1.54, 1.807) is 6.08 Å². The molecule has 0 saturated carbocycles. The fourth-order valence-corrected chi connectivity index (χ4v) is 3.69. The quantitative estimate of drug-likeness (QED) is 0.669. The first kappa shape index (κ1) is 17.5. The van der Waals surface area contributed by atoms with E-state index in [0.29, 0.717) is 16.5 Å². The van der Waals surface area contributed by atoms with Crippen molar-refractivity contribution in [2.45, 2.75) is 33.6 Å². The third-order valence-corrected chi connectivity index (χ3v) is 5.16. The van der Waals surface area contributed by atoms with Gasteiger partial charge in [0.05, 0.1) is 10.6 Å². The fourth-order valence-electron chi connectivity index (χ4n) is 2.86. The summed E-state index contributed by atoms with van der Waals surface area (Å²) in [6, 6.07) is 13.8. The molecule has 1 saturated heterocycles. The molecule has 3 nitrogen and oxygen atoms in total. The van der Waals surface area contributed by atoms with Gasteiger partial charge in [0, 0.05) is 0 Å². The Balaban J connectivity index is 1.90. The van der Waals surface area contributed by atoms with E-state index in [2.05, 4.69) is 26.0 Å². The number of aryl methyl sites for hydroxylation is 2. The van der Waals surface area contributed by atoms with Crippen molar-refractivity contribution in [1.82, 2.24) is 0 Å². The van der Waals surface area contributed by atoms with Gasteiger partial charge in [-0.25, -0.2) is 4.90 Å². The second kappa shape index (κ2) is 6.89. The monoisotopic (exact) mass is 351 g/mol. The van der Waals surface area contributed by atoms with E-state index in [4.69, 9.17) is 0 Å². The zero-order chi connectivity index (χ0) is 18.1. The van der Waals surface area contributed by atoms with Crippen LogP contribution in [0.15, 0.2) is 47.4 Å². The second-order valence-electron chi connectivity index (χ2n) is 6.63. The molecule has 0 bridgehead atoms. The average Bonchev–Trinajstić information content (AvgIpc) is 2.82. The molecule has 0 aliphatic carbocycles. The maximum absolute atomic E-state index is 12.7. The van der Waals surface area contributed by atoms with E-state index in [1.807, 2.05) is 44.2 Å². The number of amides is 2. The van der Waals surface area contributed by atoms with Crippen LogP contribution in [0.25, 0.3) is 6.08 Å². The van der Waals surface area contributed by atoms with Crippen molar-refractivity contribution < 1.29 is 9.59 Å². The third-order valence-electron chi connectivity index (χ3n) is 4.29. The lowest BCUT2D eigenvalue weighted by molar-refractivity contribution is -0.113. The van der Waals surface area contributed by atoms with Crippen molar-refractivity contribution in [1.29, 1.82) is 0 Å². The maximum Gasteiger partial charge on any atom is 0.298 e. The highest BCUT2D eigenvalue weighted by Gasteiger charge is 2.36. The van der Waals surface area contributed by atoms with Gasteiger partial charge in [-0.05, 0) is 60.4 Å². The summed E-state index contributed by atoms with van der Waals surface area (Å²) >= 11 is 0.993. The van der Waals surface area contributed by atoms with Crippen LogP contribution in [0.2, 0.25) is 0 Å². The number of hydrogen-bond acceptors (Lipinski definition) is 3. The molecule has 2 aromatic carbocycles. The highest BCUT2D eigenvalue weighted by Crippen LogP contribution is 2.37. The van der Waals surface area contributed by atoms with Gasteiger partial charge in [0.15, 0.2) is 0 Å². The smallest absolute Gasteiger partial charge is 0.268 e. The minimum Gasteiger partial charge on any atom is -0.268 e. The molecular weight excluding hydrogens is 330 g/mol. The van der Waals surface area contributed by atoms with Crippen LogP contribution >= 0.6 is 11.8 Å². The number of anilines is 1. The van der Waals surface area contributed by atoms with Gasteiger partial charge in [0.25, 0.3) is 11.1 Å². The second-order valence-corrected chi connectivity index (χ2v) is 7.62. The number of imide groups is 1. The Labute approximate surface area is 152 Å². The highest BCUT2D eigenvalue weighted by atomic mass is 32.2. The molecule has 2 aromatic rings. The molecule has 1 heterocycles. The van der Waals surface area contributed by atoms with Gasteiger partial charge in [-0.1, -0.05) is 55.8 Å². The van der Waals surface area contributed by atoms with Crippen molar-refractivity contribution in [3.8, 4) is 0 Å². The van der Waals surface area contributed by atoms with Crippen LogP contribution in [0, 0.1) is 13.8 Å². The maximum atomic E-state index is 12.7. The minimum absolute atomic E-state index is 0.248. The van der Waals surface area contributed by atoms with Crippen molar-refractivity contribution in [3.05, 3.63) is 69.6 Å². The van der Waals surface area contributed by atoms with Crippen molar-refractivity contribution in [3.63, 3.8) is 0 Å². The summed E-state index contributed by atoms with van der Waals surface area (Å²) in [5.74, 6) is 0.209. The molecule has 0 aromatic heterocycles. The Bertz CT molecular complexity index is 866.